The third-order valence-corrected chi connectivity index (χ3v) is 7.07. The van der Waals surface area contributed by atoms with Crippen molar-refractivity contribution in [1.29, 1.82) is 0 Å². The second-order valence-electron chi connectivity index (χ2n) is 10.3. The van der Waals surface area contributed by atoms with Gasteiger partial charge in [-0.2, -0.15) is 0 Å². The number of carbonyl (C=O) groups excluding carboxylic acids is 2. The molecule has 4 nitrogen and oxygen atoms in total. The Labute approximate surface area is 231 Å². The van der Waals surface area contributed by atoms with E-state index >= 15 is 0 Å². The molecule has 4 aromatic rings. The van der Waals surface area contributed by atoms with E-state index in [-0.39, 0.29) is 17.4 Å². The molecule has 0 radical (unpaired) electrons. The first-order valence-corrected chi connectivity index (χ1v) is 13.6. The van der Waals surface area contributed by atoms with Crippen molar-refractivity contribution >= 4 is 11.9 Å². The van der Waals surface area contributed by atoms with Gasteiger partial charge in [0.2, 0.25) is 0 Å². The molecule has 4 heteroatoms. The number of hydrogen-bond donors (Lipinski definition) is 0. The molecular weight excluding hydrogens is 484 g/mol. The topological polar surface area (TPSA) is 52.6 Å². The van der Waals surface area contributed by atoms with Crippen LogP contribution in [0.3, 0.4) is 0 Å². The zero-order chi connectivity index (χ0) is 27.8. The predicted octanol–water partition coefficient (Wildman–Crippen LogP) is 8.36. The standard InChI is InChI=1S/C35H36O4/c1-5-11-25-13-7-9-15-31(25)38-33(36)27-17-21-29(22-18-27)35(3,4)30-23-19-28(20-24-30)34(37)39-32-16-10-8-14-26(32)12-6-2/h7-10,13-24H,5-6,11-12H2,1-4H3. The van der Waals surface area contributed by atoms with Crippen molar-refractivity contribution in [3.8, 4) is 11.5 Å². The number of carbonyl (C=O) groups is 2. The highest BCUT2D eigenvalue weighted by molar-refractivity contribution is 5.92. The second kappa shape index (κ2) is 12.6. The molecule has 0 aliphatic carbocycles. The summed E-state index contributed by atoms with van der Waals surface area (Å²) in [5.41, 5.74) is 4.83. The Morgan fingerprint density at radius 1 is 0.564 bits per heavy atom. The molecule has 0 aromatic heterocycles. The fourth-order valence-electron chi connectivity index (χ4n) is 4.69. The van der Waals surface area contributed by atoms with Crippen LogP contribution in [0.15, 0.2) is 97.1 Å². The maximum atomic E-state index is 12.8. The molecule has 200 valence electrons. The summed E-state index contributed by atoms with van der Waals surface area (Å²) >= 11 is 0. The molecular formula is C35H36O4. The van der Waals surface area contributed by atoms with Crippen molar-refractivity contribution in [3.05, 3.63) is 130 Å². The number of hydrogen-bond acceptors (Lipinski definition) is 4. The Kier molecular flexibility index (Phi) is 8.98. The smallest absolute Gasteiger partial charge is 0.343 e. The first-order chi connectivity index (χ1) is 18.8. The quantitative estimate of drug-likeness (QED) is 0.156. The van der Waals surface area contributed by atoms with E-state index in [4.69, 9.17) is 9.47 Å². The lowest BCUT2D eigenvalue weighted by molar-refractivity contribution is 0.0723. The Bertz CT molecular complexity index is 1310. The molecule has 0 unspecified atom stereocenters. The van der Waals surface area contributed by atoms with Crippen molar-refractivity contribution in [3.63, 3.8) is 0 Å². The number of esters is 2. The number of aryl methyl sites for hydroxylation is 2. The molecule has 0 atom stereocenters. The molecule has 0 fully saturated rings. The zero-order valence-corrected chi connectivity index (χ0v) is 23.2. The van der Waals surface area contributed by atoms with Gasteiger partial charge in [0.1, 0.15) is 11.5 Å². The van der Waals surface area contributed by atoms with Gasteiger partial charge in [-0.3, -0.25) is 0 Å². The summed E-state index contributed by atoms with van der Waals surface area (Å²) < 4.78 is 11.4. The van der Waals surface area contributed by atoms with Gasteiger partial charge in [0, 0.05) is 5.41 Å². The maximum Gasteiger partial charge on any atom is 0.343 e. The molecule has 0 aliphatic heterocycles. The van der Waals surface area contributed by atoms with E-state index in [9.17, 15) is 9.59 Å². The number of rotatable bonds is 10. The molecule has 4 rings (SSSR count). The lowest BCUT2D eigenvalue weighted by Gasteiger charge is -2.26. The van der Waals surface area contributed by atoms with Crippen LogP contribution in [0.4, 0.5) is 0 Å². The molecule has 0 aliphatic rings. The van der Waals surface area contributed by atoms with Crippen LogP contribution in [0.2, 0.25) is 0 Å². The fraction of sp³-hybridized carbons (Fsp3) is 0.257. The third-order valence-electron chi connectivity index (χ3n) is 7.07. The molecule has 0 heterocycles. The average Bonchev–Trinajstić information content (AvgIpc) is 2.95. The highest BCUT2D eigenvalue weighted by Gasteiger charge is 2.24. The van der Waals surface area contributed by atoms with Crippen molar-refractivity contribution in [2.24, 2.45) is 0 Å². The lowest BCUT2D eigenvalue weighted by Crippen LogP contribution is -2.20. The van der Waals surface area contributed by atoms with Gasteiger partial charge < -0.3 is 9.47 Å². The summed E-state index contributed by atoms with van der Waals surface area (Å²) in [7, 11) is 0. The van der Waals surface area contributed by atoms with Crippen LogP contribution in [0.1, 0.15) is 83.5 Å². The number of ether oxygens (including phenoxy) is 2. The molecule has 0 N–H and O–H groups in total. The van der Waals surface area contributed by atoms with E-state index in [2.05, 4.69) is 27.7 Å². The minimum absolute atomic E-state index is 0.341. The van der Waals surface area contributed by atoms with Gasteiger partial charge in [-0.1, -0.05) is 101 Å². The summed E-state index contributed by atoms with van der Waals surface area (Å²) in [6, 6.07) is 30.4. The SMILES string of the molecule is CCCc1ccccc1OC(=O)c1ccc(C(C)(C)c2ccc(C(=O)Oc3ccccc3CCC)cc2)cc1. The van der Waals surface area contributed by atoms with Crippen LogP contribution >= 0.6 is 0 Å². The first kappa shape index (κ1) is 27.8. The first-order valence-electron chi connectivity index (χ1n) is 13.6. The Morgan fingerprint density at radius 3 is 1.28 bits per heavy atom. The Balaban J connectivity index is 1.45. The summed E-state index contributed by atoms with van der Waals surface area (Å²) in [5.74, 6) is 0.486. The average molecular weight is 521 g/mol. The molecule has 0 amide bonds. The molecule has 0 spiro atoms. The van der Waals surface area contributed by atoms with Crippen LogP contribution in [0, 0.1) is 0 Å². The van der Waals surface area contributed by atoms with Gasteiger partial charge in [0.25, 0.3) is 0 Å². The Morgan fingerprint density at radius 2 is 0.923 bits per heavy atom. The van der Waals surface area contributed by atoms with E-state index in [1.807, 2.05) is 72.8 Å². The van der Waals surface area contributed by atoms with E-state index in [1.54, 1.807) is 24.3 Å². The highest BCUT2D eigenvalue weighted by atomic mass is 16.5. The van der Waals surface area contributed by atoms with E-state index in [0.29, 0.717) is 22.6 Å². The van der Waals surface area contributed by atoms with Crippen LogP contribution in [0.5, 0.6) is 11.5 Å². The fourth-order valence-corrected chi connectivity index (χ4v) is 4.69. The summed E-state index contributed by atoms with van der Waals surface area (Å²) in [5, 5.41) is 0. The maximum absolute atomic E-state index is 12.8. The molecule has 4 aromatic carbocycles. The van der Waals surface area contributed by atoms with Crippen molar-refractivity contribution in [1.82, 2.24) is 0 Å². The number of para-hydroxylation sites is 2. The van der Waals surface area contributed by atoms with E-state index in [0.717, 1.165) is 47.9 Å². The summed E-state index contributed by atoms with van der Waals surface area (Å²) in [6.07, 6.45) is 3.68. The van der Waals surface area contributed by atoms with Crippen molar-refractivity contribution in [2.45, 2.75) is 58.8 Å². The van der Waals surface area contributed by atoms with E-state index in [1.165, 1.54) is 0 Å². The highest BCUT2D eigenvalue weighted by Crippen LogP contribution is 2.32. The Hall–Kier alpha value is -4.18. The minimum Gasteiger partial charge on any atom is -0.423 e. The van der Waals surface area contributed by atoms with Gasteiger partial charge in [-0.25, -0.2) is 9.59 Å². The largest absolute Gasteiger partial charge is 0.423 e. The van der Waals surface area contributed by atoms with Gasteiger partial charge in [-0.05, 0) is 71.5 Å². The summed E-state index contributed by atoms with van der Waals surface area (Å²) in [4.78, 5) is 25.7. The molecule has 0 saturated carbocycles. The second-order valence-corrected chi connectivity index (χ2v) is 10.3. The lowest BCUT2D eigenvalue weighted by atomic mass is 9.78. The van der Waals surface area contributed by atoms with Gasteiger partial charge >= 0.3 is 11.9 Å². The van der Waals surface area contributed by atoms with Crippen LogP contribution in [-0.2, 0) is 18.3 Å². The monoisotopic (exact) mass is 520 g/mol. The van der Waals surface area contributed by atoms with E-state index < -0.39 is 0 Å². The molecule has 0 saturated heterocycles. The van der Waals surface area contributed by atoms with Crippen molar-refractivity contribution < 1.29 is 19.1 Å². The van der Waals surface area contributed by atoms with Gasteiger partial charge in [0.15, 0.2) is 0 Å². The van der Waals surface area contributed by atoms with Crippen LogP contribution in [0.25, 0.3) is 0 Å². The number of benzene rings is 4. The predicted molar refractivity (Wildman–Crippen MR) is 156 cm³/mol. The third kappa shape index (κ3) is 6.64. The molecule has 39 heavy (non-hydrogen) atoms. The van der Waals surface area contributed by atoms with Gasteiger partial charge in [0.05, 0.1) is 11.1 Å². The minimum atomic E-state index is -0.369. The van der Waals surface area contributed by atoms with Crippen LogP contribution in [-0.4, -0.2) is 11.9 Å². The van der Waals surface area contributed by atoms with Gasteiger partial charge in [-0.15, -0.1) is 0 Å². The summed E-state index contributed by atoms with van der Waals surface area (Å²) in [6.45, 7) is 8.45. The molecule has 0 bridgehead atoms. The van der Waals surface area contributed by atoms with Crippen molar-refractivity contribution in [2.75, 3.05) is 0 Å². The zero-order valence-electron chi connectivity index (χ0n) is 23.2. The van der Waals surface area contributed by atoms with Crippen LogP contribution < -0.4 is 9.47 Å². The normalized spacial score (nSPS) is 11.2.